The second-order valence-electron chi connectivity index (χ2n) is 5.43. The number of rotatable bonds is 6. The molecule has 1 aliphatic heterocycles. The molecule has 1 saturated heterocycles. The van der Waals surface area contributed by atoms with Crippen LogP contribution in [0, 0.1) is 0 Å². The average Bonchev–Trinajstić information content (AvgIpc) is 2.84. The average molecular weight is 315 g/mol. The van der Waals surface area contributed by atoms with Crippen molar-refractivity contribution in [3.8, 4) is 0 Å². The molecule has 112 valence electrons. The molecule has 2 rings (SSSR count). The maximum atomic E-state index is 11.7. The first-order chi connectivity index (χ1) is 9.67. The molecule has 1 aromatic rings. The van der Waals surface area contributed by atoms with Gasteiger partial charge in [0.15, 0.2) is 0 Å². The molecular formula is C15H23ClN2OS. The molecule has 0 aromatic carbocycles. The number of thiophene rings is 1. The van der Waals surface area contributed by atoms with E-state index in [2.05, 4.69) is 23.2 Å². The van der Waals surface area contributed by atoms with Gasteiger partial charge in [-0.1, -0.05) is 24.9 Å². The van der Waals surface area contributed by atoms with Crippen LogP contribution in [-0.4, -0.2) is 29.9 Å². The Labute approximate surface area is 130 Å². The fourth-order valence-corrected chi connectivity index (χ4v) is 3.66. The zero-order chi connectivity index (χ0) is 14.4. The number of nitrogens with zero attached hydrogens (tertiary/aromatic N) is 1. The fourth-order valence-electron chi connectivity index (χ4n) is 2.53. The summed E-state index contributed by atoms with van der Waals surface area (Å²) < 4.78 is 0.859. The van der Waals surface area contributed by atoms with E-state index in [1.807, 2.05) is 6.07 Å². The third kappa shape index (κ3) is 5.08. The van der Waals surface area contributed by atoms with E-state index in [9.17, 15) is 4.79 Å². The summed E-state index contributed by atoms with van der Waals surface area (Å²) in [4.78, 5) is 15.5. The minimum atomic E-state index is 0.218. The third-order valence-corrected chi connectivity index (χ3v) is 4.93. The highest BCUT2D eigenvalue weighted by molar-refractivity contribution is 7.16. The molecule has 2 heterocycles. The molecule has 1 aliphatic rings. The molecule has 1 aromatic heterocycles. The van der Waals surface area contributed by atoms with Crippen LogP contribution in [0.5, 0.6) is 0 Å². The molecular weight excluding hydrogens is 292 g/mol. The van der Waals surface area contributed by atoms with Crippen molar-refractivity contribution >= 4 is 28.8 Å². The number of likely N-dealkylation sites (tertiary alicyclic amines) is 1. The largest absolute Gasteiger partial charge is 0.353 e. The van der Waals surface area contributed by atoms with Gasteiger partial charge in [0.05, 0.1) is 4.34 Å². The van der Waals surface area contributed by atoms with Crippen LogP contribution >= 0.6 is 22.9 Å². The number of unbranched alkanes of at least 4 members (excludes halogenated alkanes) is 1. The number of amides is 1. The summed E-state index contributed by atoms with van der Waals surface area (Å²) >= 11 is 7.61. The van der Waals surface area contributed by atoms with Crippen LogP contribution in [0.3, 0.4) is 0 Å². The Bertz CT molecular complexity index is 427. The molecule has 0 spiro atoms. The quantitative estimate of drug-likeness (QED) is 0.869. The van der Waals surface area contributed by atoms with Gasteiger partial charge in [0.1, 0.15) is 0 Å². The molecule has 0 radical (unpaired) electrons. The smallest absolute Gasteiger partial charge is 0.220 e. The van der Waals surface area contributed by atoms with E-state index in [-0.39, 0.29) is 5.91 Å². The second kappa shape index (κ2) is 8.01. The van der Waals surface area contributed by atoms with Crippen molar-refractivity contribution in [3.05, 3.63) is 21.3 Å². The van der Waals surface area contributed by atoms with Crippen molar-refractivity contribution in [3.63, 3.8) is 0 Å². The van der Waals surface area contributed by atoms with Crippen molar-refractivity contribution in [1.82, 2.24) is 10.2 Å². The maximum Gasteiger partial charge on any atom is 0.220 e. The van der Waals surface area contributed by atoms with Crippen LogP contribution in [0.1, 0.15) is 43.9 Å². The molecule has 1 amide bonds. The van der Waals surface area contributed by atoms with Gasteiger partial charge in [0.25, 0.3) is 0 Å². The van der Waals surface area contributed by atoms with E-state index in [0.717, 1.165) is 49.7 Å². The molecule has 5 heteroatoms. The summed E-state index contributed by atoms with van der Waals surface area (Å²) in [5.41, 5.74) is 0. The number of halogens is 1. The maximum absolute atomic E-state index is 11.7. The van der Waals surface area contributed by atoms with Crippen LogP contribution < -0.4 is 5.32 Å². The van der Waals surface area contributed by atoms with Crippen LogP contribution in [0.2, 0.25) is 4.34 Å². The molecule has 0 atom stereocenters. The van der Waals surface area contributed by atoms with Gasteiger partial charge in [-0.3, -0.25) is 9.69 Å². The van der Waals surface area contributed by atoms with E-state index in [4.69, 9.17) is 11.6 Å². The molecule has 1 N–H and O–H groups in total. The third-order valence-electron chi connectivity index (χ3n) is 3.72. The van der Waals surface area contributed by atoms with E-state index in [1.165, 1.54) is 4.88 Å². The Morgan fingerprint density at radius 2 is 2.20 bits per heavy atom. The predicted molar refractivity (Wildman–Crippen MR) is 85.3 cm³/mol. The number of nitrogens with one attached hydrogen (secondary N) is 1. The summed E-state index contributed by atoms with van der Waals surface area (Å²) in [6, 6.07) is 4.43. The lowest BCUT2D eigenvalue weighted by Crippen LogP contribution is -2.44. The number of carbonyl (C=O) groups excluding carboxylic acids is 1. The standard InChI is InChI=1S/C15H23ClN2OS/c1-2-3-4-15(19)17-12-7-9-18(10-8-12)11-13-5-6-14(16)20-13/h5-6,12H,2-4,7-11H2,1H3,(H,17,19). The summed E-state index contributed by atoms with van der Waals surface area (Å²) in [6.45, 7) is 5.19. The SMILES string of the molecule is CCCCC(=O)NC1CCN(Cc2ccc(Cl)s2)CC1. The summed E-state index contributed by atoms with van der Waals surface area (Å²) in [7, 11) is 0. The lowest BCUT2D eigenvalue weighted by Gasteiger charge is -2.32. The first-order valence-corrected chi connectivity index (χ1v) is 8.62. The Balaban J connectivity index is 1.68. The number of hydrogen-bond donors (Lipinski definition) is 1. The summed E-state index contributed by atoms with van der Waals surface area (Å²) in [5, 5.41) is 3.16. The van der Waals surface area contributed by atoms with Crippen LogP contribution in [0.4, 0.5) is 0 Å². The van der Waals surface area contributed by atoms with Crippen LogP contribution in [0.15, 0.2) is 12.1 Å². The zero-order valence-electron chi connectivity index (χ0n) is 12.0. The molecule has 0 unspecified atom stereocenters. The van der Waals surface area contributed by atoms with Crippen molar-refractivity contribution in [2.45, 2.75) is 51.6 Å². The van der Waals surface area contributed by atoms with Gasteiger partial charge >= 0.3 is 0 Å². The number of hydrogen-bond acceptors (Lipinski definition) is 3. The Morgan fingerprint density at radius 3 is 2.80 bits per heavy atom. The van der Waals surface area contributed by atoms with Gasteiger partial charge in [-0.15, -0.1) is 11.3 Å². The van der Waals surface area contributed by atoms with Gasteiger partial charge in [-0.25, -0.2) is 0 Å². The predicted octanol–water partition coefficient (Wildman–Crippen LogP) is 3.67. The Kier molecular flexibility index (Phi) is 6.33. The molecule has 1 fully saturated rings. The van der Waals surface area contributed by atoms with Gasteiger partial charge in [0, 0.05) is 37.0 Å². The minimum Gasteiger partial charge on any atom is -0.353 e. The first kappa shape index (κ1) is 15.8. The van der Waals surface area contributed by atoms with Crippen molar-refractivity contribution in [1.29, 1.82) is 0 Å². The lowest BCUT2D eigenvalue weighted by molar-refractivity contribution is -0.122. The van der Waals surface area contributed by atoms with Gasteiger partial charge < -0.3 is 5.32 Å². The lowest BCUT2D eigenvalue weighted by atomic mass is 10.0. The second-order valence-corrected chi connectivity index (χ2v) is 7.23. The van der Waals surface area contributed by atoms with Gasteiger partial charge in [-0.05, 0) is 31.4 Å². The van der Waals surface area contributed by atoms with E-state index >= 15 is 0 Å². The number of piperidine rings is 1. The molecule has 3 nitrogen and oxygen atoms in total. The van der Waals surface area contributed by atoms with Gasteiger partial charge in [-0.2, -0.15) is 0 Å². The number of carbonyl (C=O) groups is 1. The van der Waals surface area contributed by atoms with E-state index in [1.54, 1.807) is 11.3 Å². The molecule has 0 bridgehead atoms. The normalized spacial score (nSPS) is 17.3. The van der Waals surface area contributed by atoms with Crippen molar-refractivity contribution in [2.24, 2.45) is 0 Å². The monoisotopic (exact) mass is 314 g/mol. The Hall–Kier alpha value is -0.580. The molecule has 20 heavy (non-hydrogen) atoms. The zero-order valence-corrected chi connectivity index (χ0v) is 13.6. The summed E-state index contributed by atoms with van der Waals surface area (Å²) in [5.74, 6) is 0.218. The van der Waals surface area contributed by atoms with Gasteiger partial charge in [0.2, 0.25) is 5.91 Å². The fraction of sp³-hybridized carbons (Fsp3) is 0.667. The minimum absolute atomic E-state index is 0.218. The van der Waals surface area contributed by atoms with Crippen LogP contribution in [0.25, 0.3) is 0 Å². The van der Waals surface area contributed by atoms with Crippen molar-refractivity contribution in [2.75, 3.05) is 13.1 Å². The van der Waals surface area contributed by atoms with Crippen molar-refractivity contribution < 1.29 is 4.79 Å². The summed E-state index contributed by atoms with van der Waals surface area (Å²) in [6.07, 6.45) is 4.84. The van der Waals surface area contributed by atoms with E-state index < -0.39 is 0 Å². The highest BCUT2D eigenvalue weighted by atomic mass is 35.5. The topological polar surface area (TPSA) is 32.3 Å². The van der Waals surface area contributed by atoms with Crippen LogP contribution in [-0.2, 0) is 11.3 Å². The van der Waals surface area contributed by atoms with E-state index in [0.29, 0.717) is 12.5 Å². The molecule has 0 aliphatic carbocycles. The Morgan fingerprint density at radius 1 is 1.45 bits per heavy atom. The molecule has 0 saturated carbocycles. The first-order valence-electron chi connectivity index (χ1n) is 7.43. The highest BCUT2D eigenvalue weighted by Crippen LogP contribution is 2.24. The highest BCUT2D eigenvalue weighted by Gasteiger charge is 2.20.